The summed E-state index contributed by atoms with van der Waals surface area (Å²) in [6.45, 7) is 1.51. The molecule has 1 atom stereocenters. The largest absolute Gasteiger partial charge is 0.471 e. The molecule has 6 rings (SSSR count). The lowest BCUT2D eigenvalue weighted by Crippen LogP contribution is -2.48. The van der Waals surface area contributed by atoms with E-state index >= 15 is 0 Å². The first-order chi connectivity index (χ1) is 12.2. The van der Waals surface area contributed by atoms with Gasteiger partial charge in [0.15, 0.2) is 0 Å². The topological polar surface area (TPSA) is 55.3 Å². The van der Waals surface area contributed by atoms with Crippen LogP contribution in [0.15, 0.2) is 18.6 Å². The Labute approximate surface area is 149 Å². The fourth-order valence-electron chi connectivity index (χ4n) is 6.51. The predicted molar refractivity (Wildman–Crippen MR) is 92.9 cm³/mol. The van der Waals surface area contributed by atoms with Gasteiger partial charge in [-0.15, -0.1) is 0 Å². The maximum Gasteiger partial charge on any atom is 0.232 e. The molecule has 1 saturated heterocycles. The molecule has 5 fully saturated rings. The summed E-state index contributed by atoms with van der Waals surface area (Å²) in [6, 6.07) is 0. The maximum absolute atomic E-state index is 13.0. The third-order valence-corrected chi connectivity index (χ3v) is 7.02. The van der Waals surface area contributed by atoms with Crippen LogP contribution in [0, 0.1) is 23.2 Å². The van der Waals surface area contributed by atoms with Gasteiger partial charge in [-0.25, -0.2) is 4.98 Å². The van der Waals surface area contributed by atoms with E-state index in [1.54, 1.807) is 18.6 Å². The molecule has 0 N–H and O–H groups in total. The van der Waals surface area contributed by atoms with Crippen LogP contribution >= 0.6 is 0 Å². The minimum absolute atomic E-state index is 0.0528. The average Bonchev–Trinajstić information content (AvgIpc) is 3.03. The number of likely N-dealkylation sites (tertiary alicyclic amines) is 1. The zero-order valence-electron chi connectivity index (χ0n) is 14.8. The summed E-state index contributed by atoms with van der Waals surface area (Å²) in [6.07, 6.45) is 14.9. The van der Waals surface area contributed by atoms with E-state index in [9.17, 15) is 4.79 Å². The van der Waals surface area contributed by atoms with Gasteiger partial charge in [0, 0.05) is 31.8 Å². The van der Waals surface area contributed by atoms with Crippen LogP contribution in [0.2, 0.25) is 0 Å². The third kappa shape index (κ3) is 3.02. The first-order valence-corrected chi connectivity index (χ1v) is 9.88. The van der Waals surface area contributed by atoms with Crippen molar-refractivity contribution < 1.29 is 9.53 Å². The highest BCUT2D eigenvalue weighted by Crippen LogP contribution is 2.61. The van der Waals surface area contributed by atoms with E-state index < -0.39 is 0 Å². The lowest BCUT2D eigenvalue weighted by molar-refractivity contribution is -0.138. The Kier molecular flexibility index (Phi) is 3.72. The lowest BCUT2D eigenvalue weighted by Gasteiger charge is -2.56. The number of carbonyl (C=O) groups excluding carboxylic acids is 1. The Bertz CT molecular complexity index is 612. The molecule has 4 aliphatic carbocycles. The van der Waals surface area contributed by atoms with Crippen molar-refractivity contribution in [2.24, 2.45) is 23.2 Å². The van der Waals surface area contributed by atoms with Gasteiger partial charge in [-0.2, -0.15) is 0 Å². The molecule has 4 bridgehead atoms. The van der Waals surface area contributed by atoms with Crippen LogP contribution in [0.3, 0.4) is 0 Å². The molecule has 0 spiro atoms. The highest BCUT2D eigenvalue weighted by Gasteiger charge is 2.52. The smallest absolute Gasteiger partial charge is 0.232 e. The summed E-state index contributed by atoms with van der Waals surface area (Å²) in [5.41, 5.74) is 0.329. The number of nitrogens with zero attached hydrogens (tertiary/aromatic N) is 3. The van der Waals surface area contributed by atoms with E-state index in [4.69, 9.17) is 4.74 Å². The summed E-state index contributed by atoms with van der Waals surface area (Å²) in [5, 5.41) is 0. The van der Waals surface area contributed by atoms with Crippen molar-refractivity contribution in [3.8, 4) is 5.88 Å². The minimum atomic E-state index is 0.0528. The van der Waals surface area contributed by atoms with Crippen molar-refractivity contribution in [3.63, 3.8) is 0 Å². The molecule has 5 aliphatic rings. The van der Waals surface area contributed by atoms with Gasteiger partial charge in [0.05, 0.1) is 12.7 Å². The average molecular weight is 341 g/mol. The molecule has 5 heteroatoms. The lowest BCUT2D eigenvalue weighted by atomic mass is 9.49. The number of hydrogen-bond acceptors (Lipinski definition) is 4. The molecule has 5 nitrogen and oxygen atoms in total. The summed E-state index contributed by atoms with van der Waals surface area (Å²) in [7, 11) is 0. The molecular weight excluding hydrogens is 314 g/mol. The quantitative estimate of drug-likeness (QED) is 0.844. The SMILES string of the molecule is O=C(CC12CC3CC(CC(C3)C1)C2)N1CCC(Oc2cnccn2)C1. The molecule has 1 aromatic rings. The Morgan fingerprint density at radius 1 is 1.16 bits per heavy atom. The zero-order valence-corrected chi connectivity index (χ0v) is 14.8. The first kappa shape index (κ1) is 15.6. The minimum Gasteiger partial charge on any atom is -0.471 e. The van der Waals surface area contributed by atoms with Crippen LogP contribution in [0.4, 0.5) is 0 Å². The van der Waals surface area contributed by atoms with E-state index in [2.05, 4.69) is 9.97 Å². The summed E-state index contributed by atoms with van der Waals surface area (Å²) in [4.78, 5) is 23.2. The van der Waals surface area contributed by atoms with Crippen molar-refractivity contribution in [2.75, 3.05) is 13.1 Å². The molecule has 4 saturated carbocycles. The number of carbonyl (C=O) groups is 1. The Balaban J connectivity index is 1.20. The van der Waals surface area contributed by atoms with Gasteiger partial charge >= 0.3 is 0 Å². The second-order valence-corrected chi connectivity index (χ2v) is 9.01. The second kappa shape index (κ2) is 5.96. The third-order valence-electron chi connectivity index (χ3n) is 7.02. The normalized spacial score (nSPS) is 39.0. The number of ether oxygens (including phenoxy) is 1. The van der Waals surface area contributed by atoms with E-state index in [0.717, 1.165) is 37.1 Å². The van der Waals surface area contributed by atoms with Gasteiger partial charge in [0.1, 0.15) is 6.10 Å². The van der Waals surface area contributed by atoms with Crippen molar-refractivity contribution in [3.05, 3.63) is 18.6 Å². The van der Waals surface area contributed by atoms with E-state index in [1.807, 2.05) is 4.90 Å². The fraction of sp³-hybridized carbons (Fsp3) is 0.750. The van der Waals surface area contributed by atoms with Gasteiger partial charge in [-0.05, 0) is 61.7 Å². The Morgan fingerprint density at radius 2 is 1.88 bits per heavy atom. The Morgan fingerprint density at radius 3 is 2.52 bits per heavy atom. The van der Waals surface area contributed by atoms with Gasteiger partial charge in [-0.1, -0.05) is 0 Å². The molecule has 25 heavy (non-hydrogen) atoms. The number of aromatic nitrogens is 2. The molecule has 2 heterocycles. The first-order valence-electron chi connectivity index (χ1n) is 9.88. The summed E-state index contributed by atoms with van der Waals surface area (Å²) < 4.78 is 5.88. The molecule has 0 radical (unpaired) electrons. The van der Waals surface area contributed by atoms with Gasteiger partial charge in [0.2, 0.25) is 11.8 Å². The maximum atomic E-state index is 13.0. The van der Waals surface area contributed by atoms with Crippen LogP contribution in [-0.4, -0.2) is 40.0 Å². The van der Waals surface area contributed by atoms with Gasteiger partial charge < -0.3 is 9.64 Å². The van der Waals surface area contributed by atoms with Crippen molar-refractivity contribution in [2.45, 2.75) is 57.5 Å². The molecule has 1 aromatic heterocycles. The number of amides is 1. The molecule has 134 valence electrons. The molecule has 1 amide bonds. The fourth-order valence-corrected chi connectivity index (χ4v) is 6.51. The Hall–Kier alpha value is -1.65. The summed E-state index contributed by atoms with van der Waals surface area (Å²) in [5.74, 6) is 3.64. The predicted octanol–water partition coefficient (Wildman–Crippen LogP) is 3.06. The molecule has 1 unspecified atom stereocenters. The van der Waals surface area contributed by atoms with Gasteiger partial charge in [-0.3, -0.25) is 9.78 Å². The highest BCUT2D eigenvalue weighted by atomic mass is 16.5. The van der Waals surface area contributed by atoms with Crippen LogP contribution in [0.1, 0.15) is 51.4 Å². The van der Waals surface area contributed by atoms with Crippen molar-refractivity contribution in [1.29, 1.82) is 0 Å². The molecule has 0 aromatic carbocycles. The van der Waals surface area contributed by atoms with Crippen molar-refractivity contribution in [1.82, 2.24) is 14.9 Å². The molecular formula is C20H27N3O2. The summed E-state index contributed by atoms with van der Waals surface area (Å²) >= 11 is 0. The van der Waals surface area contributed by atoms with Crippen LogP contribution < -0.4 is 4.74 Å². The number of hydrogen-bond donors (Lipinski definition) is 0. The van der Waals surface area contributed by atoms with Crippen LogP contribution in [-0.2, 0) is 4.79 Å². The highest BCUT2D eigenvalue weighted by molar-refractivity contribution is 5.77. The van der Waals surface area contributed by atoms with Gasteiger partial charge in [0.25, 0.3) is 0 Å². The molecule has 1 aliphatic heterocycles. The van der Waals surface area contributed by atoms with Crippen LogP contribution in [0.5, 0.6) is 5.88 Å². The standard InChI is InChI=1S/C20H27N3O2/c24-19(11-20-8-14-5-15(9-20)7-16(6-14)10-20)23-4-1-17(13-23)25-18-12-21-2-3-22-18/h2-3,12,14-17H,1,4-11,13H2. The van der Waals surface area contributed by atoms with Crippen LogP contribution in [0.25, 0.3) is 0 Å². The number of rotatable bonds is 4. The zero-order chi connectivity index (χ0) is 16.9. The van der Waals surface area contributed by atoms with Crippen molar-refractivity contribution >= 4 is 5.91 Å². The van der Waals surface area contributed by atoms with E-state index in [-0.39, 0.29) is 6.10 Å². The van der Waals surface area contributed by atoms with E-state index in [0.29, 0.717) is 23.7 Å². The second-order valence-electron chi connectivity index (χ2n) is 9.01. The van der Waals surface area contributed by atoms with E-state index in [1.165, 1.54) is 38.5 Å². The monoisotopic (exact) mass is 341 g/mol.